The van der Waals surface area contributed by atoms with Gasteiger partial charge in [0.1, 0.15) is 17.0 Å². The molecular weight excluding hydrogens is 370 g/mol. The van der Waals surface area contributed by atoms with E-state index in [0.717, 1.165) is 25.7 Å². The van der Waals surface area contributed by atoms with Crippen molar-refractivity contribution in [2.45, 2.75) is 44.2 Å². The first-order chi connectivity index (χ1) is 13.9. The van der Waals surface area contributed by atoms with E-state index in [2.05, 4.69) is 15.3 Å². The van der Waals surface area contributed by atoms with Gasteiger partial charge >= 0.3 is 0 Å². The van der Waals surface area contributed by atoms with Crippen LogP contribution in [-0.4, -0.2) is 51.9 Å². The Labute approximate surface area is 169 Å². The molecule has 0 unspecified atom stereocenters. The van der Waals surface area contributed by atoms with Gasteiger partial charge in [0.05, 0.1) is 12.1 Å². The molecule has 29 heavy (non-hydrogen) atoms. The van der Waals surface area contributed by atoms with Crippen LogP contribution < -0.4 is 15.8 Å². The standard InChI is InChI=1S/C21H25N5O3/c1-13-11-16(25-20(22)24-13)19(28)26(2)14-7-9-21(10-8-14)12-23-18(27)15-5-3-4-6-17(15)29-21/h3-6,11,14H,7-10,12H2,1-2H3,(H,23,27)(H2,22,24,25). The molecule has 2 aromatic rings. The molecule has 3 N–H and O–H groups in total. The number of carbonyl (C=O) groups is 2. The molecule has 2 amide bonds. The first-order valence-corrected chi connectivity index (χ1v) is 9.81. The Hall–Kier alpha value is -3.16. The molecule has 8 heteroatoms. The van der Waals surface area contributed by atoms with Gasteiger partial charge in [0.25, 0.3) is 11.8 Å². The highest BCUT2D eigenvalue weighted by atomic mass is 16.5. The number of para-hydroxylation sites is 1. The fourth-order valence-electron chi connectivity index (χ4n) is 4.19. The monoisotopic (exact) mass is 395 g/mol. The summed E-state index contributed by atoms with van der Waals surface area (Å²) >= 11 is 0. The van der Waals surface area contributed by atoms with Crippen molar-refractivity contribution in [2.75, 3.05) is 19.3 Å². The Balaban J connectivity index is 1.46. The van der Waals surface area contributed by atoms with E-state index in [4.69, 9.17) is 10.5 Å². The maximum Gasteiger partial charge on any atom is 0.272 e. The van der Waals surface area contributed by atoms with Gasteiger partial charge in [-0.05, 0) is 50.8 Å². The number of nitrogen functional groups attached to an aromatic ring is 1. The topological polar surface area (TPSA) is 110 Å². The normalized spacial score (nSPS) is 23.5. The molecule has 152 valence electrons. The molecule has 8 nitrogen and oxygen atoms in total. The number of rotatable bonds is 2. The predicted octanol–water partition coefficient (Wildman–Crippen LogP) is 1.94. The fourth-order valence-corrected chi connectivity index (χ4v) is 4.19. The average Bonchev–Trinajstić information content (AvgIpc) is 2.84. The second-order valence-corrected chi connectivity index (χ2v) is 7.86. The number of amides is 2. The third kappa shape index (κ3) is 3.74. The Morgan fingerprint density at radius 1 is 1.28 bits per heavy atom. The summed E-state index contributed by atoms with van der Waals surface area (Å²) in [4.78, 5) is 35.0. The molecule has 1 fully saturated rings. The van der Waals surface area contributed by atoms with E-state index < -0.39 is 5.60 Å². The molecule has 1 aromatic heterocycles. The summed E-state index contributed by atoms with van der Waals surface area (Å²) < 4.78 is 6.34. The lowest BCUT2D eigenvalue weighted by atomic mass is 9.81. The first-order valence-electron chi connectivity index (χ1n) is 9.81. The Morgan fingerprint density at radius 2 is 2.00 bits per heavy atom. The number of aryl methyl sites for hydroxylation is 1. The second kappa shape index (κ2) is 7.35. The minimum absolute atomic E-state index is 0.0717. The molecule has 2 aliphatic rings. The van der Waals surface area contributed by atoms with Crippen molar-refractivity contribution in [3.63, 3.8) is 0 Å². The smallest absolute Gasteiger partial charge is 0.272 e. The van der Waals surface area contributed by atoms with E-state index in [0.29, 0.717) is 29.2 Å². The van der Waals surface area contributed by atoms with Crippen LogP contribution in [0.2, 0.25) is 0 Å². The number of benzene rings is 1. The van der Waals surface area contributed by atoms with E-state index in [-0.39, 0.29) is 23.8 Å². The van der Waals surface area contributed by atoms with E-state index in [1.807, 2.05) is 18.2 Å². The number of hydrogen-bond acceptors (Lipinski definition) is 6. The summed E-state index contributed by atoms with van der Waals surface area (Å²) in [5.41, 5.74) is 6.78. The van der Waals surface area contributed by atoms with E-state index >= 15 is 0 Å². The lowest BCUT2D eigenvalue weighted by molar-refractivity contribution is 0.0102. The zero-order chi connectivity index (χ0) is 20.6. The van der Waals surface area contributed by atoms with Crippen LogP contribution in [0.3, 0.4) is 0 Å². The number of nitrogens with two attached hydrogens (primary N) is 1. The molecule has 1 spiro atoms. The number of nitrogens with one attached hydrogen (secondary N) is 1. The Kier molecular flexibility index (Phi) is 4.86. The lowest BCUT2D eigenvalue weighted by Crippen LogP contribution is -2.51. The average molecular weight is 395 g/mol. The van der Waals surface area contributed by atoms with E-state index in [1.54, 1.807) is 31.0 Å². The van der Waals surface area contributed by atoms with Gasteiger partial charge in [-0.15, -0.1) is 0 Å². The van der Waals surface area contributed by atoms with Crippen LogP contribution in [0, 0.1) is 6.92 Å². The van der Waals surface area contributed by atoms with Crippen molar-refractivity contribution in [3.05, 3.63) is 47.3 Å². The quantitative estimate of drug-likeness (QED) is 0.804. The minimum atomic E-state index is -0.446. The molecule has 1 aromatic carbocycles. The Bertz CT molecular complexity index is 933. The summed E-state index contributed by atoms with van der Waals surface area (Å²) in [7, 11) is 1.80. The SMILES string of the molecule is Cc1cc(C(=O)N(C)C2CCC3(CC2)CNC(=O)c2ccccc2O3)nc(N)n1. The highest BCUT2D eigenvalue weighted by Gasteiger charge is 2.41. The zero-order valence-corrected chi connectivity index (χ0v) is 16.6. The minimum Gasteiger partial charge on any atom is -0.485 e. The molecule has 0 bridgehead atoms. The van der Waals surface area contributed by atoms with Crippen LogP contribution >= 0.6 is 0 Å². The Morgan fingerprint density at radius 3 is 2.72 bits per heavy atom. The van der Waals surface area contributed by atoms with Crippen LogP contribution in [0.1, 0.15) is 52.2 Å². The molecule has 2 heterocycles. The number of anilines is 1. The van der Waals surface area contributed by atoms with Gasteiger partial charge in [-0.1, -0.05) is 12.1 Å². The van der Waals surface area contributed by atoms with E-state index in [9.17, 15) is 9.59 Å². The lowest BCUT2D eigenvalue weighted by Gasteiger charge is -2.42. The van der Waals surface area contributed by atoms with Crippen molar-refractivity contribution in [1.82, 2.24) is 20.2 Å². The number of aromatic nitrogens is 2. The van der Waals surface area contributed by atoms with Crippen molar-refractivity contribution >= 4 is 17.8 Å². The summed E-state index contributed by atoms with van der Waals surface area (Å²) in [5, 5.41) is 2.99. The zero-order valence-electron chi connectivity index (χ0n) is 16.6. The van der Waals surface area contributed by atoms with Crippen molar-refractivity contribution < 1.29 is 14.3 Å². The number of carbonyl (C=O) groups excluding carboxylic acids is 2. The molecule has 0 saturated heterocycles. The molecule has 0 radical (unpaired) electrons. The summed E-state index contributed by atoms with van der Waals surface area (Å²) in [6, 6.07) is 9.04. The number of nitrogens with zero attached hydrogens (tertiary/aromatic N) is 3. The van der Waals surface area contributed by atoms with Crippen molar-refractivity contribution in [2.24, 2.45) is 0 Å². The third-order valence-electron chi connectivity index (χ3n) is 5.85. The largest absolute Gasteiger partial charge is 0.485 e. The third-order valence-corrected chi connectivity index (χ3v) is 5.85. The second-order valence-electron chi connectivity index (χ2n) is 7.86. The van der Waals surface area contributed by atoms with Gasteiger partial charge in [-0.25, -0.2) is 9.97 Å². The van der Waals surface area contributed by atoms with Crippen LogP contribution in [-0.2, 0) is 0 Å². The summed E-state index contributed by atoms with van der Waals surface area (Å²) in [6.07, 6.45) is 3.04. The van der Waals surface area contributed by atoms with Crippen LogP contribution in [0.4, 0.5) is 5.95 Å². The summed E-state index contributed by atoms with van der Waals surface area (Å²) in [6.45, 7) is 2.25. The number of hydrogen-bond donors (Lipinski definition) is 2. The van der Waals surface area contributed by atoms with Crippen LogP contribution in [0.5, 0.6) is 5.75 Å². The summed E-state index contributed by atoms with van der Waals surface area (Å²) in [5.74, 6) is 0.454. The van der Waals surface area contributed by atoms with Gasteiger partial charge in [0.2, 0.25) is 5.95 Å². The van der Waals surface area contributed by atoms with Gasteiger partial charge in [0, 0.05) is 18.8 Å². The number of ether oxygens (including phenoxy) is 1. The predicted molar refractivity (Wildman–Crippen MR) is 108 cm³/mol. The van der Waals surface area contributed by atoms with Gasteiger partial charge < -0.3 is 20.7 Å². The highest BCUT2D eigenvalue weighted by molar-refractivity contribution is 5.97. The molecule has 1 aliphatic carbocycles. The van der Waals surface area contributed by atoms with Crippen LogP contribution in [0.25, 0.3) is 0 Å². The van der Waals surface area contributed by atoms with Crippen molar-refractivity contribution in [3.8, 4) is 5.75 Å². The molecule has 4 rings (SSSR count). The molecule has 0 atom stereocenters. The highest BCUT2D eigenvalue weighted by Crippen LogP contribution is 2.37. The molecule has 1 saturated carbocycles. The van der Waals surface area contributed by atoms with E-state index in [1.165, 1.54) is 0 Å². The number of fused-ring (bicyclic) bond motifs is 1. The van der Waals surface area contributed by atoms with Gasteiger partial charge in [-0.2, -0.15) is 0 Å². The maximum absolute atomic E-state index is 12.9. The van der Waals surface area contributed by atoms with Crippen LogP contribution in [0.15, 0.2) is 30.3 Å². The maximum atomic E-state index is 12.9. The molecule has 1 aliphatic heterocycles. The fraction of sp³-hybridized carbons (Fsp3) is 0.429. The van der Waals surface area contributed by atoms with Gasteiger partial charge in [0.15, 0.2) is 0 Å². The first kappa shape index (κ1) is 19.2. The van der Waals surface area contributed by atoms with Crippen molar-refractivity contribution in [1.29, 1.82) is 0 Å². The van der Waals surface area contributed by atoms with Gasteiger partial charge in [-0.3, -0.25) is 9.59 Å². The molecular formula is C21H25N5O3.